The van der Waals surface area contributed by atoms with Crippen LogP contribution in [0.4, 0.5) is 11.8 Å². The molecule has 0 aliphatic heterocycles. The van der Waals surface area contributed by atoms with E-state index in [0.29, 0.717) is 28.4 Å². The minimum Gasteiger partial charge on any atom is -0.368 e. The van der Waals surface area contributed by atoms with Crippen molar-refractivity contribution in [2.75, 3.05) is 11.1 Å². The summed E-state index contributed by atoms with van der Waals surface area (Å²) < 4.78 is 1.65. The molecule has 3 N–H and O–H groups in total. The average Bonchev–Trinajstić information content (AvgIpc) is 3.02. The average molecular weight is 362 g/mol. The van der Waals surface area contributed by atoms with Gasteiger partial charge in [0.2, 0.25) is 5.95 Å². The van der Waals surface area contributed by atoms with Gasteiger partial charge >= 0.3 is 0 Å². The van der Waals surface area contributed by atoms with Gasteiger partial charge in [-0.2, -0.15) is 9.61 Å². The summed E-state index contributed by atoms with van der Waals surface area (Å²) in [5.74, 6) is 0.958. The lowest BCUT2D eigenvalue weighted by Gasteiger charge is -2.12. The molecule has 0 fully saturated rings. The van der Waals surface area contributed by atoms with Gasteiger partial charge in [-0.05, 0) is 11.5 Å². The van der Waals surface area contributed by atoms with Gasteiger partial charge < -0.3 is 11.1 Å². The number of hydrogen-bond acceptors (Lipinski definition) is 6. The lowest BCUT2D eigenvalue weighted by molar-refractivity contribution is 0.923. The van der Waals surface area contributed by atoms with E-state index in [1.54, 1.807) is 23.1 Å². The molecule has 0 saturated carbocycles. The monoisotopic (exact) mass is 361 g/mol. The van der Waals surface area contributed by atoms with E-state index in [4.69, 9.17) is 25.2 Å². The number of benzene rings is 1. The molecule has 7 nitrogen and oxygen atoms in total. The number of aromatic nitrogens is 5. The molecule has 0 bridgehead atoms. The zero-order chi connectivity index (χ0) is 18.1. The summed E-state index contributed by atoms with van der Waals surface area (Å²) in [6.07, 6.45) is 4.90. The minimum atomic E-state index is 0.237. The Balaban J connectivity index is 1.75. The summed E-state index contributed by atoms with van der Waals surface area (Å²) in [4.78, 5) is 12.6. The van der Waals surface area contributed by atoms with Crippen LogP contribution in [0.5, 0.6) is 0 Å². The van der Waals surface area contributed by atoms with Crippen molar-refractivity contribution in [2.24, 2.45) is 0 Å². The first-order chi connectivity index (χ1) is 12.6. The Kier molecular flexibility index (Phi) is 4.18. The van der Waals surface area contributed by atoms with Crippen molar-refractivity contribution in [1.29, 1.82) is 0 Å². The molecule has 0 aliphatic carbocycles. The van der Waals surface area contributed by atoms with Crippen LogP contribution in [-0.2, 0) is 6.54 Å². The van der Waals surface area contributed by atoms with Crippen molar-refractivity contribution in [3.8, 4) is 11.3 Å². The third kappa shape index (κ3) is 3.06. The quantitative estimate of drug-likeness (QED) is 0.539. The number of nitrogens with two attached hydrogens (primary N) is 1. The van der Waals surface area contributed by atoms with Gasteiger partial charge in [0.15, 0.2) is 5.65 Å². The molecule has 3 aromatic heterocycles. The molecule has 26 heavy (non-hydrogen) atoms. The lowest BCUT2D eigenvalue weighted by atomic mass is 10.0. The highest BCUT2D eigenvalue weighted by atomic mass is 35.5. The molecule has 0 amide bonds. The number of nitrogens with zero attached hydrogens (tertiary/aromatic N) is 5. The van der Waals surface area contributed by atoms with Crippen molar-refractivity contribution >= 4 is 42.3 Å². The third-order valence-electron chi connectivity index (χ3n) is 3.85. The van der Waals surface area contributed by atoms with Crippen LogP contribution < -0.4 is 16.5 Å². The molecular formula is C17H13BClN7. The van der Waals surface area contributed by atoms with E-state index in [0.717, 1.165) is 16.9 Å². The van der Waals surface area contributed by atoms with Crippen molar-refractivity contribution < 1.29 is 0 Å². The van der Waals surface area contributed by atoms with Gasteiger partial charge in [-0.3, -0.25) is 0 Å². The van der Waals surface area contributed by atoms with Crippen LogP contribution in [0.15, 0.2) is 48.9 Å². The van der Waals surface area contributed by atoms with Crippen LogP contribution in [-0.4, -0.2) is 32.4 Å². The molecule has 126 valence electrons. The minimum absolute atomic E-state index is 0.237. The number of rotatable bonds is 4. The van der Waals surface area contributed by atoms with E-state index in [2.05, 4.69) is 25.4 Å². The van der Waals surface area contributed by atoms with Gasteiger partial charge in [-0.1, -0.05) is 29.8 Å². The molecule has 4 aromatic rings. The molecular weight excluding hydrogens is 349 g/mol. The molecule has 0 saturated heterocycles. The summed E-state index contributed by atoms with van der Waals surface area (Å²) in [5.41, 5.74) is 8.95. The molecule has 4 rings (SSSR count). The summed E-state index contributed by atoms with van der Waals surface area (Å²) in [7, 11) is 6.01. The Labute approximate surface area is 155 Å². The zero-order valence-electron chi connectivity index (χ0n) is 13.6. The fourth-order valence-electron chi connectivity index (χ4n) is 2.56. The van der Waals surface area contributed by atoms with Crippen molar-refractivity contribution in [2.45, 2.75) is 6.54 Å². The van der Waals surface area contributed by atoms with Crippen LogP contribution in [0.3, 0.4) is 0 Å². The molecule has 3 heterocycles. The maximum atomic E-state index is 6.32. The summed E-state index contributed by atoms with van der Waals surface area (Å²) in [5, 5.41) is 8.20. The van der Waals surface area contributed by atoms with E-state index in [9.17, 15) is 0 Å². The first-order valence-corrected chi connectivity index (χ1v) is 8.19. The number of fused-ring (bicyclic) bond motifs is 1. The molecule has 2 radical (unpaired) electrons. The second-order valence-corrected chi connectivity index (χ2v) is 6.05. The predicted molar refractivity (Wildman–Crippen MR) is 103 cm³/mol. The number of anilines is 2. The second kappa shape index (κ2) is 6.64. The highest BCUT2D eigenvalue weighted by Gasteiger charge is 2.12. The molecule has 9 heteroatoms. The van der Waals surface area contributed by atoms with E-state index in [1.807, 2.05) is 30.3 Å². The van der Waals surface area contributed by atoms with Gasteiger partial charge in [-0.15, -0.1) is 0 Å². The van der Waals surface area contributed by atoms with Gasteiger partial charge in [0.1, 0.15) is 13.7 Å². The first-order valence-electron chi connectivity index (χ1n) is 7.81. The van der Waals surface area contributed by atoms with E-state index >= 15 is 0 Å². The lowest BCUT2D eigenvalue weighted by Crippen LogP contribution is -2.10. The van der Waals surface area contributed by atoms with Gasteiger partial charge in [0, 0.05) is 47.4 Å². The maximum absolute atomic E-state index is 6.32. The van der Waals surface area contributed by atoms with E-state index in [-0.39, 0.29) is 5.95 Å². The zero-order valence-corrected chi connectivity index (χ0v) is 14.4. The Hall–Kier alpha value is -3.13. The third-order valence-corrected chi connectivity index (χ3v) is 4.18. The van der Waals surface area contributed by atoms with Crippen LogP contribution in [0, 0.1) is 0 Å². The van der Waals surface area contributed by atoms with Gasteiger partial charge in [0.05, 0.1) is 5.69 Å². The highest BCUT2D eigenvalue weighted by Crippen LogP contribution is 2.28. The Morgan fingerprint density at radius 3 is 2.69 bits per heavy atom. The van der Waals surface area contributed by atoms with Crippen LogP contribution in [0.1, 0.15) is 5.56 Å². The number of halogens is 1. The number of hydrogen-bond donors (Lipinski definition) is 2. The molecule has 0 aliphatic rings. The molecule has 0 spiro atoms. The highest BCUT2D eigenvalue weighted by molar-refractivity contribution is 6.36. The van der Waals surface area contributed by atoms with E-state index in [1.165, 1.54) is 0 Å². The number of nitrogen functional groups attached to an aromatic ring is 1. The Morgan fingerprint density at radius 1 is 1.15 bits per heavy atom. The molecule has 0 atom stereocenters. The van der Waals surface area contributed by atoms with Crippen molar-refractivity contribution in [3.05, 3.63) is 59.5 Å². The predicted octanol–water partition coefficient (Wildman–Crippen LogP) is 1.83. The maximum Gasteiger partial charge on any atom is 0.219 e. The largest absolute Gasteiger partial charge is 0.368 e. The Bertz CT molecular complexity index is 1080. The van der Waals surface area contributed by atoms with Gasteiger partial charge in [-0.25, -0.2) is 15.0 Å². The van der Waals surface area contributed by atoms with Crippen LogP contribution in [0.25, 0.3) is 16.9 Å². The Morgan fingerprint density at radius 2 is 1.92 bits per heavy atom. The summed E-state index contributed by atoms with van der Waals surface area (Å²) in [6, 6.07) is 9.38. The van der Waals surface area contributed by atoms with Crippen LogP contribution in [0.2, 0.25) is 5.02 Å². The fourth-order valence-corrected chi connectivity index (χ4v) is 2.79. The topological polar surface area (TPSA) is 94.0 Å². The molecule has 1 aromatic carbocycles. The van der Waals surface area contributed by atoms with Crippen LogP contribution >= 0.6 is 11.6 Å². The standard InChI is InChI=1S/C17H13BClN7/c18-12-9-24-26-15(21-6-10-7-22-17(20)23-8-10)5-14(25-16(12)26)11-3-1-2-4-13(11)19/h1-5,7-9,21H,6H2,(H2,20,22,23). The van der Waals surface area contributed by atoms with E-state index < -0.39 is 0 Å². The first kappa shape index (κ1) is 16.3. The normalized spacial score (nSPS) is 11.0. The smallest absolute Gasteiger partial charge is 0.219 e. The SMILES string of the molecule is [B]c1cnn2c(NCc3cnc(N)nc3)cc(-c3ccccc3Cl)nc12. The fraction of sp³-hybridized carbons (Fsp3) is 0.0588. The van der Waals surface area contributed by atoms with Crippen molar-refractivity contribution in [3.63, 3.8) is 0 Å². The summed E-state index contributed by atoms with van der Waals surface area (Å²) in [6.45, 7) is 0.487. The molecule has 0 unspecified atom stereocenters. The second-order valence-electron chi connectivity index (χ2n) is 5.64. The summed E-state index contributed by atoms with van der Waals surface area (Å²) >= 11 is 6.32. The van der Waals surface area contributed by atoms with Gasteiger partial charge in [0.25, 0.3) is 0 Å². The number of nitrogens with one attached hydrogen (secondary N) is 1. The van der Waals surface area contributed by atoms with Crippen molar-refractivity contribution in [1.82, 2.24) is 24.6 Å².